The number of carbonyl (C=O) groups excluding carboxylic acids is 1. The number of nitrogens with zero attached hydrogens (tertiary/aromatic N) is 5. The molecule has 168 valence electrons. The van der Waals surface area contributed by atoms with Gasteiger partial charge in [-0.1, -0.05) is 30.3 Å². The summed E-state index contributed by atoms with van der Waals surface area (Å²) in [6.07, 6.45) is 1.70. The predicted molar refractivity (Wildman–Crippen MR) is 124 cm³/mol. The summed E-state index contributed by atoms with van der Waals surface area (Å²) in [5, 5.41) is 20.1. The highest BCUT2D eigenvalue weighted by molar-refractivity contribution is 5.85. The number of ether oxygens (including phenoxy) is 1. The number of rotatable bonds is 7. The van der Waals surface area contributed by atoms with Crippen LogP contribution in [0.3, 0.4) is 0 Å². The number of aromatic nitrogens is 4. The van der Waals surface area contributed by atoms with Crippen LogP contribution in [0.15, 0.2) is 64.5 Å². The first-order chi connectivity index (χ1) is 16.0. The van der Waals surface area contributed by atoms with Crippen molar-refractivity contribution in [3.8, 4) is 11.6 Å². The van der Waals surface area contributed by atoms with Crippen LogP contribution in [0.4, 0.5) is 0 Å². The first kappa shape index (κ1) is 21.9. The highest BCUT2D eigenvalue weighted by atomic mass is 16.5. The van der Waals surface area contributed by atoms with Crippen molar-refractivity contribution in [3.63, 3.8) is 0 Å². The van der Waals surface area contributed by atoms with E-state index in [9.17, 15) is 14.7 Å². The maximum absolute atomic E-state index is 12.9. The minimum atomic E-state index is -0.361. The molecule has 4 rings (SSSR count). The summed E-state index contributed by atoms with van der Waals surface area (Å²) in [5.41, 5.74) is 1.67. The number of hydrogen-bond acceptors (Lipinski definition) is 7. The molecule has 4 aromatic rings. The van der Waals surface area contributed by atoms with Gasteiger partial charge in [-0.3, -0.25) is 9.59 Å². The molecule has 2 aromatic carbocycles. The van der Waals surface area contributed by atoms with Gasteiger partial charge in [0.05, 0.1) is 47.1 Å². The van der Waals surface area contributed by atoms with Crippen molar-refractivity contribution < 1.29 is 14.6 Å². The molecule has 0 aliphatic heterocycles. The van der Waals surface area contributed by atoms with Gasteiger partial charge in [-0.2, -0.15) is 14.9 Å². The van der Waals surface area contributed by atoms with Crippen LogP contribution in [0.2, 0.25) is 0 Å². The van der Waals surface area contributed by atoms with E-state index in [2.05, 4.69) is 15.2 Å². The van der Waals surface area contributed by atoms with Crippen LogP contribution < -0.4 is 5.56 Å². The zero-order valence-corrected chi connectivity index (χ0v) is 18.3. The molecule has 0 amide bonds. The largest absolute Gasteiger partial charge is 0.493 e. The lowest BCUT2D eigenvalue weighted by atomic mass is 10.1. The quantitative estimate of drug-likeness (QED) is 0.346. The number of hydrogen-bond donors (Lipinski definition) is 1. The van der Waals surface area contributed by atoms with E-state index in [1.54, 1.807) is 44.2 Å². The molecule has 0 radical (unpaired) electrons. The van der Waals surface area contributed by atoms with Crippen molar-refractivity contribution in [3.05, 3.63) is 82.0 Å². The van der Waals surface area contributed by atoms with Crippen molar-refractivity contribution in [2.24, 2.45) is 5.10 Å². The van der Waals surface area contributed by atoms with Gasteiger partial charge >= 0.3 is 5.97 Å². The fraction of sp³-hybridized carbons (Fsp3) is 0.208. The second-order valence-corrected chi connectivity index (χ2v) is 7.27. The summed E-state index contributed by atoms with van der Waals surface area (Å²) in [7, 11) is 0. The van der Waals surface area contributed by atoms with E-state index < -0.39 is 0 Å². The number of aromatic hydroxyl groups is 1. The van der Waals surface area contributed by atoms with Crippen molar-refractivity contribution >= 4 is 23.1 Å². The van der Waals surface area contributed by atoms with Crippen molar-refractivity contribution in [2.45, 2.75) is 26.7 Å². The van der Waals surface area contributed by atoms with Gasteiger partial charge in [0.15, 0.2) is 0 Å². The molecule has 0 aliphatic rings. The fourth-order valence-corrected chi connectivity index (χ4v) is 3.47. The van der Waals surface area contributed by atoms with Crippen LogP contribution in [-0.2, 0) is 16.0 Å². The van der Waals surface area contributed by atoms with E-state index in [1.165, 1.54) is 15.6 Å². The monoisotopic (exact) mass is 445 g/mol. The van der Waals surface area contributed by atoms with E-state index >= 15 is 0 Å². The minimum absolute atomic E-state index is 0.0937. The molecule has 1 N–H and O–H groups in total. The second kappa shape index (κ2) is 9.47. The molecule has 0 aliphatic carbocycles. The Balaban J connectivity index is 1.77. The van der Waals surface area contributed by atoms with Crippen molar-refractivity contribution in [1.82, 2.24) is 19.4 Å². The van der Waals surface area contributed by atoms with Crippen LogP contribution in [0.25, 0.3) is 16.6 Å². The number of carbonyl (C=O) groups is 1. The maximum atomic E-state index is 12.9. The Bertz CT molecular complexity index is 1390. The van der Waals surface area contributed by atoms with Gasteiger partial charge in [0.2, 0.25) is 5.88 Å². The molecule has 0 spiro atoms. The summed E-state index contributed by atoms with van der Waals surface area (Å²) in [6.45, 7) is 3.71. The Kier molecular flexibility index (Phi) is 6.30. The van der Waals surface area contributed by atoms with Gasteiger partial charge in [-0.25, -0.2) is 9.67 Å². The first-order valence-corrected chi connectivity index (χ1v) is 10.5. The summed E-state index contributed by atoms with van der Waals surface area (Å²) in [6, 6.07) is 16.1. The van der Waals surface area contributed by atoms with Crippen molar-refractivity contribution in [1.29, 1.82) is 0 Å². The lowest BCUT2D eigenvalue weighted by Gasteiger charge is -2.05. The summed E-state index contributed by atoms with van der Waals surface area (Å²) < 4.78 is 7.55. The van der Waals surface area contributed by atoms with Gasteiger partial charge in [0.25, 0.3) is 5.56 Å². The average Bonchev–Trinajstić information content (AvgIpc) is 3.13. The molecule has 0 bridgehead atoms. The molecule has 33 heavy (non-hydrogen) atoms. The Labute approximate surface area is 189 Å². The standard InChI is InChI=1S/C24H23N5O4/c1-3-33-22(30)14-13-21-19(24(32)29(27-21)17-9-5-4-6-10-17)15-25-28-16(2)26-20-12-8-7-11-18(20)23(28)31/h4-12,15,32H,3,13-14H2,1-2H3/b25-15+. The summed E-state index contributed by atoms with van der Waals surface area (Å²) >= 11 is 0. The van der Waals surface area contributed by atoms with Gasteiger partial charge in [-0.15, -0.1) is 0 Å². The number of benzene rings is 2. The van der Waals surface area contributed by atoms with Gasteiger partial charge in [0.1, 0.15) is 5.82 Å². The zero-order chi connectivity index (χ0) is 23.4. The Morgan fingerprint density at radius 3 is 2.64 bits per heavy atom. The van der Waals surface area contributed by atoms with Crippen LogP contribution in [0.5, 0.6) is 5.88 Å². The summed E-state index contributed by atoms with van der Waals surface area (Å²) in [4.78, 5) is 29.2. The Morgan fingerprint density at radius 1 is 1.15 bits per heavy atom. The number of fused-ring (bicyclic) bond motifs is 1. The third kappa shape index (κ3) is 4.52. The van der Waals surface area contributed by atoms with Crippen LogP contribution >= 0.6 is 0 Å². The fourth-order valence-electron chi connectivity index (χ4n) is 3.47. The van der Waals surface area contributed by atoms with Gasteiger partial charge in [0, 0.05) is 6.42 Å². The summed E-state index contributed by atoms with van der Waals surface area (Å²) in [5.74, 6) is -0.110. The predicted octanol–water partition coefficient (Wildman–Crippen LogP) is 2.97. The first-order valence-electron chi connectivity index (χ1n) is 10.5. The van der Waals surface area contributed by atoms with E-state index in [0.717, 1.165) is 0 Å². The van der Waals surface area contributed by atoms with E-state index in [0.29, 0.717) is 33.7 Å². The number of esters is 1. The van der Waals surface area contributed by atoms with Gasteiger partial charge in [-0.05, 0) is 38.1 Å². The Hall–Kier alpha value is -4.27. The molecular formula is C24H23N5O4. The van der Waals surface area contributed by atoms with E-state index in [4.69, 9.17) is 4.74 Å². The van der Waals surface area contributed by atoms with E-state index in [1.807, 2.05) is 24.3 Å². The molecular weight excluding hydrogens is 422 g/mol. The third-order valence-electron chi connectivity index (χ3n) is 5.06. The number of aryl methyl sites for hydroxylation is 2. The normalized spacial score (nSPS) is 11.3. The lowest BCUT2D eigenvalue weighted by molar-refractivity contribution is -0.143. The lowest BCUT2D eigenvalue weighted by Crippen LogP contribution is -2.20. The molecule has 9 nitrogen and oxygen atoms in total. The molecule has 2 heterocycles. The topological polar surface area (TPSA) is 112 Å². The molecule has 0 fully saturated rings. The molecule has 0 saturated carbocycles. The SMILES string of the molecule is CCOC(=O)CCc1nn(-c2ccccc2)c(O)c1/C=N/n1c(C)nc2ccccc2c1=O. The number of para-hydroxylation sites is 2. The minimum Gasteiger partial charge on any atom is -0.493 e. The zero-order valence-electron chi connectivity index (χ0n) is 18.3. The van der Waals surface area contributed by atoms with Crippen LogP contribution in [-0.4, -0.2) is 43.3 Å². The van der Waals surface area contributed by atoms with E-state index in [-0.39, 0.29) is 36.9 Å². The molecule has 0 atom stereocenters. The third-order valence-corrected chi connectivity index (χ3v) is 5.06. The molecule has 9 heteroatoms. The Morgan fingerprint density at radius 2 is 1.88 bits per heavy atom. The second-order valence-electron chi connectivity index (χ2n) is 7.27. The highest BCUT2D eigenvalue weighted by Gasteiger charge is 2.19. The maximum Gasteiger partial charge on any atom is 0.306 e. The molecule has 0 unspecified atom stereocenters. The molecule has 2 aromatic heterocycles. The molecule has 0 saturated heterocycles. The van der Waals surface area contributed by atoms with Crippen molar-refractivity contribution in [2.75, 3.05) is 6.61 Å². The smallest absolute Gasteiger partial charge is 0.306 e. The van der Waals surface area contributed by atoms with Gasteiger partial charge < -0.3 is 9.84 Å². The highest BCUT2D eigenvalue weighted by Crippen LogP contribution is 2.24. The van der Waals surface area contributed by atoms with Crippen LogP contribution in [0.1, 0.15) is 30.4 Å². The average molecular weight is 445 g/mol. The van der Waals surface area contributed by atoms with Crippen LogP contribution in [0, 0.1) is 6.92 Å².